The van der Waals surface area contributed by atoms with Crippen molar-refractivity contribution in [2.45, 2.75) is 12.5 Å². The topological polar surface area (TPSA) is 35.2 Å². The highest BCUT2D eigenvalue weighted by Crippen LogP contribution is 2.29. The predicted molar refractivity (Wildman–Crippen MR) is 54.7 cm³/mol. The molecular weight excluding hydrogens is 181 g/mol. The van der Waals surface area contributed by atoms with Gasteiger partial charge in [0.2, 0.25) is 0 Å². The molecule has 0 spiro atoms. The molecule has 0 radical (unpaired) electrons. The third-order valence-corrected chi connectivity index (χ3v) is 2.17. The quantitative estimate of drug-likeness (QED) is 0.750. The van der Waals surface area contributed by atoms with Crippen molar-refractivity contribution < 1.29 is 9.13 Å². The summed E-state index contributed by atoms with van der Waals surface area (Å²) in [6.45, 7) is 5.42. The summed E-state index contributed by atoms with van der Waals surface area (Å²) in [5.74, 6) is 0.0976. The van der Waals surface area contributed by atoms with Crippen LogP contribution in [0.25, 0.3) is 0 Å². The molecular formula is C11H14FNO. The molecule has 1 atom stereocenters. The number of methoxy groups -OCH3 is 1. The van der Waals surface area contributed by atoms with Gasteiger partial charge in [-0.15, -0.1) is 6.58 Å². The Morgan fingerprint density at radius 2 is 2.21 bits per heavy atom. The van der Waals surface area contributed by atoms with E-state index in [4.69, 9.17) is 10.5 Å². The smallest absolute Gasteiger partial charge is 0.127 e. The molecule has 0 bridgehead atoms. The average molecular weight is 195 g/mol. The molecule has 0 saturated heterocycles. The van der Waals surface area contributed by atoms with Crippen LogP contribution in [0.4, 0.5) is 4.39 Å². The molecule has 0 heterocycles. The Bertz CT molecular complexity index is 347. The van der Waals surface area contributed by atoms with Crippen LogP contribution in [0.3, 0.4) is 0 Å². The number of halogens is 1. The molecule has 0 aromatic heterocycles. The first-order valence-corrected chi connectivity index (χ1v) is 4.27. The standard InChI is InChI=1S/C11H14FNO/c1-4-11(2,13)9-6-5-8(12)7-10(9)14-3/h4-7H,1,13H2,2-3H3/t11-/m0/s1. The van der Waals surface area contributed by atoms with Crippen molar-refractivity contribution >= 4 is 0 Å². The fourth-order valence-corrected chi connectivity index (χ4v) is 1.22. The van der Waals surface area contributed by atoms with Crippen molar-refractivity contribution in [1.82, 2.24) is 0 Å². The lowest BCUT2D eigenvalue weighted by molar-refractivity contribution is 0.397. The molecule has 0 aliphatic heterocycles. The van der Waals surface area contributed by atoms with E-state index in [1.807, 2.05) is 0 Å². The molecule has 0 unspecified atom stereocenters. The third-order valence-electron chi connectivity index (χ3n) is 2.17. The lowest BCUT2D eigenvalue weighted by Crippen LogP contribution is -2.30. The van der Waals surface area contributed by atoms with Crippen LogP contribution in [0, 0.1) is 5.82 Å². The van der Waals surface area contributed by atoms with Gasteiger partial charge in [-0.05, 0) is 13.0 Å². The van der Waals surface area contributed by atoms with E-state index in [0.717, 1.165) is 5.56 Å². The molecule has 2 nitrogen and oxygen atoms in total. The highest BCUT2D eigenvalue weighted by molar-refractivity contribution is 5.41. The number of benzene rings is 1. The second-order valence-electron chi connectivity index (χ2n) is 3.33. The van der Waals surface area contributed by atoms with E-state index in [9.17, 15) is 4.39 Å². The second kappa shape index (κ2) is 3.80. The fourth-order valence-electron chi connectivity index (χ4n) is 1.22. The molecule has 0 fully saturated rings. The van der Waals surface area contributed by atoms with Crippen LogP contribution in [0.1, 0.15) is 12.5 Å². The van der Waals surface area contributed by atoms with Crippen LogP contribution >= 0.6 is 0 Å². The van der Waals surface area contributed by atoms with Gasteiger partial charge in [0, 0.05) is 11.6 Å². The Morgan fingerprint density at radius 1 is 1.57 bits per heavy atom. The van der Waals surface area contributed by atoms with Crippen molar-refractivity contribution in [2.24, 2.45) is 5.73 Å². The van der Waals surface area contributed by atoms with Crippen LogP contribution < -0.4 is 10.5 Å². The van der Waals surface area contributed by atoms with E-state index >= 15 is 0 Å². The van der Waals surface area contributed by atoms with Gasteiger partial charge in [0.25, 0.3) is 0 Å². The largest absolute Gasteiger partial charge is 0.496 e. The molecule has 0 aliphatic carbocycles. The Balaban J connectivity index is 3.27. The normalized spacial score (nSPS) is 14.6. The van der Waals surface area contributed by atoms with Crippen LogP contribution in [0.5, 0.6) is 5.75 Å². The number of hydrogen-bond donors (Lipinski definition) is 1. The molecule has 3 heteroatoms. The summed E-state index contributed by atoms with van der Waals surface area (Å²) in [5.41, 5.74) is 5.95. The van der Waals surface area contributed by atoms with E-state index in [0.29, 0.717) is 5.75 Å². The molecule has 0 amide bonds. The van der Waals surface area contributed by atoms with Gasteiger partial charge >= 0.3 is 0 Å². The van der Waals surface area contributed by atoms with Crippen LogP contribution in [0.2, 0.25) is 0 Å². The van der Waals surface area contributed by atoms with E-state index in [2.05, 4.69) is 6.58 Å². The molecule has 0 aliphatic rings. The first-order chi connectivity index (χ1) is 6.51. The molecule has 14 heavy (non-hydrogen) atoms. The highest BCUT2D eigenvalue weighted by atomic mass is 19.1. The predicted octanol–water partition coefficient (Wildman–Crippen LogP) is 2.19. The van der Waals surface area contributed by atoms with Gasteiger partial charge in [-0.3, -0.25) is 0 Å². The third kappa shape index (κ3) is 1.93. The molecule has 1 rings (SSSR count). The van der Waals surface area contributed by atoms with Gasteiger partial charge in [0.1, 0.15) is 11.6 Å². The van der Waals surface area contributed by atoms with Gasteiger partial charge in [-0.25, -0.2) is 4.39 Å². The summed E-state index contributed by atoms with van der Waals surface area (Å²) in [6.07, 6.45) is 1.60. The van der Waals surface area contributed by atoms with Crippen molar-refractivity contribution in [1.29, 1.82) is 0 Å². The maximum atomic E-state index is 12.9. The minimum atomic E-state index is -0.709. The SMILES string of the molecule is C=C[C@](C)(N)c1ccc(F)cc1OC. The Kier molecular flexibility index (Phi) is 2.91. The van der Waals surface area contributed by atoms with Crippen LogP contribution in [0.15, 0.2) is 30.9 Å². The van der Waals surface area contributed by atoms with Crippen molar-refractivity contribution in [3.8, 4) is 5.75 Å². The monoisotopic (exact) mass is 195 g/mol. The Morgan fingerprint density at radius 3 is 2.71 bits per heavy atom. The summed E-state index contributed by atoms with van der Waals surface area (Å²) < 4.78 is 17.9. The van der Waals surface area contributed by atoms with E-state index < -0.39 is 5.54 Å². The highest BCUT2D eigenvalue weighted by Gasteiger charge is 2.21. The second-order valence-corrected chi connectivity index (χ2v) is 3.33. The zero-order chi connectivity index (χ0) is 10.8. The van der Waals surface area contributed by atoms with Gasteiger partial charge in [0.15, 0.2) is 0 Å². The lowest BCUT2D eigenvalue weighted by Gasteiger charge is -2.22. The molecule has 0 saturated carbocycles. The maximum absolute atomic E-state index is 12.9. The molecule has 76 valence electrons. The summed E-state index contributed by atoms with van der Waals surface area (Å²) in [7, 11) is 1.48. The number of nitrogens with two attached hydrogens (primary N) is 1. The number of ether oxygens (including phenoxy) is 1. The average Bonchev–Trinajstić information content (AvgIpc) is 2.17. The van der Waals surface area contributed by atoms with E-state index in [-0.39, 0.29) is 5.82 Å². The Hall–Kier alpha value is -1.35. The first kappa shape index (κ1) is 10.7. The zero-order valence-corrected chi connectivity index (χ0v) is 8.38. The van der Waals surface area contributed by atoms with Crippen LogP contribution in [-0.4, -0.2) is 7.11 Å². The van der Waals surface area contributed by atoms with Crippen molar-refractivity contribution in [3.63, 3.8) is 0 Å². The minimum Gasteiger partial charge on any atom is -0.496 e. The van der Waals surface area contributed by atoms with Gasteiger partial charge in [-0.2, -0.15) is 0 Å². The summed E-state index contributed by atoms with van der Waals surface area (Å²) in [6, 6.07) is 4.27. The van der Waals surface area contributed by atoms with Gasteiger partial charge < -0.3 is 10.5 Å². The molecule has 1 aromatic carbocycles. The maximum Gasteiger partial charge on any atom is 0.127 e. The summed E-state index contributed by atoms with van der Waals surface area (Å²) >= 11 is 0. The zero-order valence-electron chi connectivity index (χ0n) is 8.38. The van der Waals surface area contributed by atoms with Crippen molar-refractivity contribution in [2.75, 3.05) is 7.11 Å². The number of rotatable bonds is 3. The van der Waals surface area contributed by atoms with Crippen LogP contribution in [-0.2, 0) is 5.54 Å². The Labute approximate surface area is 83.2 Å². The number of hydrogen-bond acceptors (Lipinski definition) is 2. The first-order valence-electron chi connectivity index (χ1n) is 4.27. The van der Waals surface area contributed by atoms with Gasteiger partial charge in [-0.1, -0.05) is 12.1 Å². The molecule has 2 N–H and O–H groups in total. The lowest BCUT2D eigenvalue weighted by atomic mass is 9.92. The fraction of sp³-hybridized carbons (Fsp3) is 0.273. The summed E-state index contributed by atoms with van der Waals surface area (Å²) in [5, 5.41) is 0. The van der Waals surface area contributed by atoms with E-state index in [1.165, 1.54) is 19.2 Å². The van der Waals surface area contributed by atoms with Gasteiger partial charge in [0.05, 0.1) is 12.6 Å². The minimum absolute atomic E-state index is 0.342. The van der Waals surface area contributed by atoms with E-state index in [1.54, 1.807) is 19.1 Å². The van der Waals surface area contributed by atoms with Crippen molar-refractivity contribution in [3.05, 3.63) is 42.2 Å². The molecule has 1 aromatic rings. The summed E-state index contributed by atoms with van der Waals surface area (Å²) in [4.78, 5) is 0.